The lowest BCUT2D eigenvalue weighted by molar-refractivity contribution is -0.265. The summed E-state index contributed by atoms with van der Waals surface area (Å²) in [4.78, 5) is 57.3. The second-order valence-electron chi connectivity index (χ2n) is 19.5. The fourth-order valence-electron chi connectivity index (χ4n) is 10.1. The number of nitrogens with zero attached hydrogens (tertiary/aromatic N) is 1. The molecule has 1 amide bonds. The van der Waals surface area contributed by atoms with Gasteiger partial charge >= 0.3 is 5.97 Å². The largest absolute Gasteiger partial charge is 0.459 e. The van der Waals surface area contributed by atoms with Crippen LogP contribution in [0.25, 0.3) is 0 Å². The lowest BCUT2D eigenvalue weighted by Gasteiger charge is -2.42. The summed E-state index contributed by atoms with van der Waals surface area (Å²) >= 11 is 0. The van der Waals surface area contributed by atoms with E-state index in [1.165, 1.54) is 4.90 Å². The highest BCUT2D eigenvalue weighted by atomic mass is 16.6. The van der Waals surface area contributed by atoms with Crippen LogP contribution in [0.15, 0.2) is 47.6 Å². The first kappa shape index (κ1) is 54.5. The fraction of sp³-hybridized carbons (Fsp3) is 0.760. The first-order valence-corrected chi connectivity index (χ1v) is 23.8. The number of cyclic esters (lactones) is 1. The van der Waals surface area contributed by atoms with Crippen LogP contribution in [0.3, 0.4) is 0 Å². The number of carbonyl (C=O) groups excluding carboxylic acids is 4. The van der Waals surface area contributed by atoms with Gasteiger partial charge in [0.2, 0.25) is 5.79 Å². The highest BCUT2D eigenvalue weighted by molar-refractivity contribution is 6.39. The van der Waals surface area contributed by atoms with E-state index >= 15 is 0 Å². The van der Waals surface area contributed by atoms with Crippen molar-refractivity contribution in [3.63, 3.8) is 0 Å². The number of aliphatic hydroxyl groups is 4. The topological polar surface area (TPSA) is 225 Å². The van der Waals surface area contributed by atoms with Gasteiger partial charge in [-0.05, 0) is 101 Å². The highest BCUT2D eigenvalue weighted by Gasteiger charge is 2.53. The first-order chi connectivity index (χ1) is 30.7. The first-order valence-electron chi connectivity index (χ1n) is 23.8. The zero-order valence-electron chi connectivity index (χ0n) is 40.3. The number of nitrogens with two attached hydrogens (primary N) is 1. The Bertz CT molecular complexity index is 1710. The quantitative estimate of drug-likeness (QED) is 0.139. The standard InChI is InChI=1S/C50H80N2O13/c1-29-15-11-10-12-16-30(2)41(62-8)27-36-20-18-34(6)50(60,65-36)47(57)48(58)52-22-14-13-17-38(52)49(59)64-42(37(51)25-35-19-21-40(61-7)43(26-35)63-9)28-39(53)31(3)24-33(5)45(55)46(56)44(54)32(4)23-29/h10-12,15-16,24,29,31-32,34-43,45-46,53,55-56,60H,13-14,17-23,25-28,51H2,1-9H3/b12-10+,15-11+,30-16+,33-24+/t29-,31-,32-,34-,35?,36+,37-,38+,39-,40-,41+,42+,43-,45-,46+,50-/m1/s1. The Morgan fingerprint density at radius 1 is 0.815 bits per heavy atom. The number of Topliss-reactive ketones (excluding diaryl/α,β-unsaturated/α-hetero) is 2. The second-order valence-corrected chi connectivity index (χ2v) is 19.5. The molecule has 6 N–H and O–H groups in total. The van der Waals surface area contributed by atoms with E-state index < -0.39 is 95.7 Å². The number of hydrogen-bond donors (Lipinski definition) is 5. The molecule has 4 aliphatic rings. The molecule has 368 valence electrons. The molecule has 15 heteroatoms. The number of ketones is 2. The Morgan fingerprint density at radius 2 is 1.52 bits per heavy atom. The van der Waals surface area contributed by atoms with Crippen LogP contribution in [0.2, 0.25) is 0 Å². The Labute approximate surface area is 386 Å². The molecule has 4 rings (SSSR count). The molecule has 0 aromatic rings. The zero-order chi connectivity index (χ0) is 48.2. The van der Waals surface area contributed by atoms with E-state index in [1.807, 2.05) is 44.2 Å². The Morgan fingerprint density at radius 3 is 2.20 bits per heavy atom. The van der Waals surface area contributed by atoms with Gasteiger partial charge in [0.05, 0.1) is 30.5 Å². The minimum Gasteiger partial charge on any atom is -0.459 e. The summed E-state index contributed by atoms with van der Waals surface area (Å²) in [7, 11) is 4.86. The normalized spacial score (nSPS) is 41.5. The van der Waals surface area contributed by atoms with Crippen LogP contribution in [0.1, 0.15) is 119 Å². The molecule has 15 nitrogen and oxygen atoms in total. The molecular formula is C50H80N2O13. The molecule has 16 atom stereocenters. The third kappa shape index (κ3) is 14.4. The monoisotopic (exact) mass is 917 g/mol. The summed E-state index contributed by atoms with van der Waals surface area (Å²) in [5.41, 5.74) is 8.06. The van der Waals surface area contributed by atoms with E-state index in [-0.39, 0.29) is 49.0 Å². The molecule has 0 spiro atoms. The maximum atomic E-state index is 14.3. The smallest absolute Gasteiger partial charge is 0.329 e. The van der Waals surface area contributed by atoms with Crippen molar-refractivity contribution in [2.45, 2.75) is 185 Å². The number of rotatable bonds is 6. The molecule has 0 aromatic heterocycles. The Balaban J connectivity index is 1.69. The van der Waals surface area contributed by atoms with Crippen molar-refractivity contribution < 1.29 is 63.3 Å². The number of piperidine rings is 1. The molecule has 1 aliphatic carbocycles. The number of allylic oxidation sites excluding steroid dienone is 5. The third-order valence-corrected chi connectivity index (χ3v) is 14.5. The van der Waals surface area contributed by atoms with E-state index in [1.54, 1.807) is 55.1 Å². The van der Waals surface area contributed by atoms with Crippen LogP contribution in [-0.4, -0.2) is 143 Å². The average Bonchev–Trinajstić information content (AvgIpc) is 3.29. The number of hydrogen-bond acceptors (Lipinski definition) is 14. The van der Waals surface area contributed by atoms with Crippen LogP contribution in [0.4, 0.5) is 0 Å². The van der Waals surface area contributed by atoms with Crippen molar-refractivity contribution in [1.82, 2.24) is 4.90 Å². The number of amides is 1. The molecular weight excluding hydrogens is 837 g/mol. The summed E-state index contributed by atoms with van der Waals surface area (Å²) in [6, 6.07) is -1.92. The SMILES string of the molecule is CO[C@H]1C[C@@H]2CC[C@@H](C)[C@@](O)(O2)C(=O)C(=O)N2CCCC[C@H]2C(=O)O[C@H]([C@H](N)CC2CC[C@@H](OC)[C@H](OC)C2)C[C@@H](O)[C@H](C)/C=C(\C)[C@@H](O)[C@@H](O)C(=O)[C@H](C)C[C@H](C)/C=C/C=C/C=C/1C. The van der Waals surface area contributed by atoms with E-state index in [0.717, 1.165) is 18.4 Å². The van der Waals surface area contributed by atoms with E-state index in [4.69, 9.17) is 29.4 Å². The molecule has 3 heterocycles. The van der Waals surface area contributed by atoms with E-state index in [0.29, 0.717) is 51.4 Å². The maximum absolute atomic E-state index is 14.3. The van der Waals surface area contributed by atoms with Gasteiger partial charge in [-0.25, -0.2) is 4.79 Å². The fourth-order valence-corrected chi connectivity index (χ4v) is 10.1. The summed E-state index contributed by atoms with van der Waals surface area (Å²) in [5, 5.41) is 45.8. The molecule has 0 aromatic carbocycles. The van der Waals surface area contributed by atoms with E-state index in [9.17, 15) is 39.6 Å². The predicted molar refractivity (Wildman–Crippen MR) is 245 cm³/mol. The lowest BCUT2D eigenvalue weighted by Crippen LogP contribution is -2.61. The molecule has 3 aliphatic heterocycles. The van der Waals surface area contributed by atoms with Crippen molar-refractivity contribution in [1.29, 1.82) is 0 Å². The van der Waals surface area contributed by atoms with Gasteiger partial charge in [-0.2, -0.15) is 0 Å². The van der Waals surface area contributed by atoms with Crippen molar-refractivity contribution in [2.24, 2.45) is 35.3 Å². The number of methoxy groups -OCH3 is 3. The number of esters is 1. The zero-order valence-corrected chi connectivity index (χ0v) is 40.3. The van der Waals surface area contributed by atoms with Crippen LogP contribution in [-0.2, 0) is 42.9 Å². The molecule has 0 radical (unpaired) electrons. The molecule has 2 bridgehead atoms. The molecule has 2 saturated heterocycles. The summed E-state index contributed by atoms with van der Waals surface area (Å²) in [5.74, 6) is -7.76. The van der Waals surface area contributed by atoms with Gasteiger partial charge in [-0.3, -0.25) is 14.4 Å². The molecule has 1 saturated carbocycles. The van der Waals surface area contributed by atoms with Crippen molar-refractivity contribution in [3.05, 3.63) is 47.6 Å². The summed E-state index contributed by atoms with van der Waals surface area (Å²) in [6.45, 7) is 10.6. The van der Waals surface area contributed by atoms with Gasteiger partial charge in [0.25, 0.3) is 11.7 Å². The van der Waals surface area contributed by atoms with Gasteiger partial charge in [-0.15, -0.1) is 0 Å². The summed E-state index contributed by atoms with van der Waals surface area (Å²) < 4.78 is 29.5. The highest BCUT2D eigenvalue weighted by Crippen LogP contribution is 2.37. The second kappa shape index (κ2) is 25.3. The Kier molecular flexibility index (Phi) is 21.2. The Hall–Kier alpha value is -3.12. The molecule has 3 fully saturated rings. The predicted octanol–water partition coefficient (Wildman–Crippen LogP) is 4.66. The van der Waals surface area contributed by atoms with Gasteiger partial charge < -0.3 is 54.7 Å². The number of ether oxygens (including phenoxy) is 5. The summed E-state index contributed by atoms with van der Waals surface area (Å²) in [6.07, 6.45) is 9.81. The van der Waals surface area contributed by atoms with Crippen LogP contribution < -0.4 is 5.73 Å². The maximum Gasteiger partial charge on any atom is 0.329 e. The van der Waals surface area contributed by atoms with Gasteiger partial charge in [0.1, 0.15) is 24.4 Å². The van der Waals surface area contributed by atoms with Crippen molar-refractivity contribution in [3.8, 4) is 0 Å². The van der Waals surface area contributed by atoms with Crippen LogP contribution in [0.5, 0.6) is 0 Å². The average molecular weight is 917 g/mol. The van der Waals surface area contributed by atoms with Gasteiger partial charge in [0, 0.05) is 64.5 Å². The van der Waals surface area contributed by atoms with Crippen LogP contribution >= 0.6 is 0 Å². The number of fused-ring (bicyclic) bond motifs is 3. The molecule has 1 unspecified atom stereocenters. The van der Waals surface area contributed by atoms with E-state index in [2.05, 4.69) is 0 Å². The van der Waals surface area contributed by atoms with Crippen LogP contribution in [0, 0.1) is 29.6 Å². The molecule has 65 heavy (non-hydrogen) atoms. The minimum atomic E-state index is -2.44. The van der Waals surface area contributed by atoms with Gasteiger partial charge in [0.15, 0.2) is 5.78 Å². The number of aliphatic hydroxyl groups excluding tert-OH is 3. The van der Waals surface area contributed by atoms with Crippen molar-refractivity contribution in [2.75, 3.05) is 27.9 Å². The lowest BCUT2D eigenvalue weighted by atomic mass is 9.80. The third-order valence-electron chi connectivity index (χ3n) is 14.5. The number of carbonyl (C=O) groups is 4. The van der Waals surface area contributed by atoms with Crippen molar-refractivity contribution >= 4 is 23.4 Å². The minimum absolute atomic E-state index is 0.0299. The van der Waals surface area contributed by atoms with Gasteiger partial charge in [-0.1, -0.05) is 64.2 Å².